The van der Waals surface area contributed by atoms with Gasteiger partial charge in [-0.2, -0.15) is 0 Å². The second kappa shape index (κ2) is 5.46. The molecule has 0 aliphatic heterocycles. The maximum atomic E-state index is 12.0. The summed E-state index contributed by atoms with van der Waals surface area (Å²) in [6, 6.07) is 11.9. The van der Waals surface area contributed by atoms with Crippen LogP contribution in [0.1, 0.15) is 10.7 Å². The molecule has 0 fully saturated rings. The Bertz CT molecular complexity index is 731. The van der Waals surface area contributed by atoms with Crippen LogP contribution < -0.4 is 5.32 Å². The van der Waals surface area contributed by atoms with Crippen LogP contribution in [0.3, 0.4) is 0 Å². The first kappa shape index (κ1) is 12.9. The molecule has 4 nitrogen and oxygen atoms in total. The van der Waals surface area contributed by atoms with Gasteiger partial charge in [-0.1, -0.05) is 18.2 Å². The van der Waals surface area contributed by atoms with Crippen LogP contribution in [0.15, 0.2) is 41.8 Å². The number of benzene rings is 1. The molecule has 0 bridgehead atoms. The van der Waals surface area contributed by atoms with E-state index in [0.717, 1.165) is 21.7 Å². The van der Waals surface area contributed by atoms with Crippen LogP contribution in [-0.4, -0.2) is 15.5 Å². The number of aryl methyl sites for hydroxylation is 1. The van der Waals surface area contributed by atoms with E-state index in [4.69, 9.17) is 0 Å². The molecule has 3 rings (SSSR count). The van der Waals surface area contributed by atoms with Crippen LogP contribution in [0.2, 0.25) is 0 Å². The molecule has 102 valence electrons. The third-order valence-electron chi connectivity index (χ3n) is 3.19. The van der Waals surface area contributed by atoms with Gasteiger partial charge in [0.1, 0.15) is 12.4 Å². The third kappa shape index (κ3) is 2.58. The van der Waals surface area contributed by atoms with Gasteiger partial charge in [0.25, 0.3) is 0 Å². The maximum Gasteiger partial charge on any atom is 0.240 e. The molecule has 2 heterocycles. The van der Waals surface area contributed by atoms with Gasteiger partial charge in [-0.15, -0.1) is 11.3 Å². The molecule has 0 radical (unpaired) electrons. The Kier molecular flexibility index (Phi) is 3.52. The monoisotopic (exact) mass is 285 g/mol. The Labute approximate surface area is 121 Å². The summed E-state index contributed by atoms with van der Waals surface area (Å²) in [5.74, 6) is 0.863. The summed E-state index contributed by atoms with van der Waals surface area (Å²) in [6.45, 7) is 2.81. The van der Waals surface area contributed by atoms with Crippen molar-refractivity contribution >= 4 is 28.3 Å². The number of rotatable bonds is 4. The predicted octanol–water partition coefficient (Wildman–Crippen LogP) is 2.72. The minimum absolute atomic E-state index is 0.00431. The molecule has 0 saturated carbocycles. The van der Waals surface area contributed by atoms with Gasteiger partial charge in [-0.25, -0.2) is 4.98 Å². The van der Waals surface area contributed by atoms with Gasteiger partial charge in [-0.05, 0) is 30.5 Å². The van der Waals surface area contributed by atoms with Gasteiger partial charge in [0, 0.05) is 4.88 Å². The zero-order valence-electron chi connectivity index (χ0n) is 11.2. The van der Waals surface area contributed by atoms with Crippen LogP contribution in [-0.2, 0) is 17.9 Å². The molecule has 2 aromatic heterocycles. The average Bonchev–Trinajstić information content (AvgIpc) is 3.06. The molecule has 3 aromatic rings. The number of aromatic nitrogens is 2. The van der Waals surface area contributed by atoms with Crippen molar-refractivity contribution in [2.75, 3.05) is 0 Å². The molecular weight excluding hydrogens is 270 g/mol. The number of carbonyl (C=O) groups is 1. The summed E-state index contributed by atoms with van der Waals surface area (Å²) < 4.78 is 1.94. The van der Waals surface area contributed by atoms with Gasteiger partial charge in [0.15, 0.2) is 0 Å². The van der Waals surface area contributed by atoms with Crippen molar-refractivity contribution in [1.82, 2.24) is 14.9 Å². The molecule has 0 aliphatic carbocycles. The van der Waals surface area contributed by atoms with E-state index in [1.54, 1.807) is 11.3 Å². The molecule has 1 amide bonds. The lowest BCUT2D eigenvalue weighted by atomic mass is 10.3. The van der Waals surface area contributed by atoms with E-state index in [0.29, 0.717) is 13.1 Å². The molecule has 0 saturated heterocycles. The first-order valence-electron chi connectivity index (χ1n) is 6.45. The van der Waals surface area contributed by atoms with Crippen LogP contribution in [0.4, 0.5) is 0 Å². The number of imidazole rings is 1. The van der Waals surface area contributed by atoms with Crippen LogP contribution >= 0.6 is 11.3 Å². The van der Waals surface area contributed by atoms with E-state index in [1.807, 2.05) is 53.3 Å². The lowest BCUT2D eigenvalue weighted by molar-refractivity contribution is -0.121. The summed E-state index contributed by atoms with van der Waals surface area (Å²) >= 11 is 1.64. The zero-order valence-corrected chi connectivity index (χ0v) is 12.0. The molecule has 5 heteroatoms. The number of para-hydroxylation sites is 2. The van der Waals surface area contributed by atoms with Crippen molar-refractivity contribution in [3.63, 3.8) is 0 Å². The number of amides is 1. The molecule has 1 aromatic carbocycles. The second-order valence-electron chi connectivity index (χ2n) is 4.59. The van der Waals surface area contributed by atoms with Gasteiger partial charge in [0.05, 0.1) is 17.6 Å². The minimum Gasteiger partial charge on any atom is -0.350 e. The van der Waals surface area contributed by atoms with Gasteiger partial charge >= 0.3 is 0 Å². The highest BCUT2D eigenvalue weighted by Gasteiger charge is 2.10. The lowest BCUT2D eigenvalue weighted by Crippen LogP contribution is -2.27. The summed E-state index contributed by atoms with van der Waals surface area (Å²) in [4.78, 5) is 17.7. The number of hydrogen-bond acceptors (Lipinski definition) is 3. The fourth-order valence-corrected chi connectivity index (χ4v) is 2.84. The van der Waals surface area contributed by atoms with Crippen molar-refractivity contribution in [2.45, 2.75) is 20.0 Å². The molecule has 0 spiro atoms. The van der Waals surface area contributed by atoms with E-state index in [-0.39, 0.29) is 5.91 Å². The van der Waals surface area contributed by atoms with Crippen LogP contribution in [0.25, 0.3) is 11.0 Å². The minimum atomic E-state index is 0.00431. The molecule has 0 atom stereocenters. The third-order valence-corrected chi connectivity index (χ3v) is 4.06. The summed E-state index contributed by atoms with van der Waals surface area (Å²) in [5, 5.41) is 4.95. The summed E-state index contributed by atoms with van der Waals surface area (Å²) in [6.07, 6.45) is 0. The standard InChI is InChI=1S/C15H15N3OS/c1-11-17-13-6-2-3-7-14(13)18(11)10-15(19)16-9-12-5-4-8-20-12/h2-8H,9-10H2,1H3,(H,16,19). The van der Waals surface area contributed by atoms with Crippen molar-refractivity contribution in [1.29, 1.82) is 0 Å². The normalized spacial score (nSPS) is 10.8. The number of fused-ring (bicyclic) bond motifs is 1. The number of carbonyl (C=O) groups excluding carboxylic acids is 1. The SMILES string of the molecule is Cc1nc2ccccc2n1CC(=O)NCc1cccs1. The van der Waals surface area contributed by atoms with Crippen LogP contribution in [0.5, 0.6) is 0 Å². The number of hydrogen-bond donors (Lipinski definition) is 1. The number of nitrogens with zero attached hydrogens (tertiary/aromatic N) is 2. The molecule has 1 N–H and O–H groups in total. The van der Waals surface area contributed by atoms with E-state index < -0.39 is 0 Å². The van der Waals surface area contributed by atoms with Gasteiger partial charge in [-0.3, -0.25) is 4.79 Å². The van der Waals surface area contributed by atoms with E-state index in [1.165, 1.54) is 0 Å². The van der Waals surface area contributed by atoms with Crippen LogP contribution in [0, 0.1) is 6.92 Å². The molecule has 0 unspecified atom stereocenters. The fraction of sp³-hybridized carbons (Fsp3) is 0.200. The van der Waals surface area contributed by atoms with E-state index in [2.05, 4.69) is 10.3 Å². The predicted molar refractivity (Wildman–Crippen MR) is 80.6 cm³/mol. The fourth-order valence-electron chi connectivity index (χ4n) is 2.19. The Morgan fingerprint density at radius 1 is 1.30 bits per heavy atom. The van der Waals surface area contributed by atoms with Crippen molar-refractivity contribution in [3.05, 3.63) is 52.5 Å². The Hall–Kier alpha value is -2.14. The zero-order chi connectivity index (χ0) is 13.9. The summed E-state index contributed by atoms with van der Waals surface area (Å²) in [5.41, 5.74) is 1.92. The average molecular weight is 285 g/mol. The highest BCUT2D eigenvalue weighted by molar-refractivity contribution is 7.09. The van der Waals surface area contributed by atoms with E-state index >= 15 is 0 Å². The van der Waals surface area contributed by atoms with Gasteiger partial charge in [0.2, 0.25) is 5.91 Å². The van der Waals surface area contributed by atoms with Gasteiger partial charge < -0.3 is 9.88 Å². The topological polar surface area (TPSA) is 46.9 Å². The molecule has 20 heavy (non-hydrogen) atoms. The number of thiophene rings is 1. The van der Waals surface area contributed by atoms with Crippen molar-refractivity contribution in [3.8, 4) is 0 Å². The maximum absolute atomic E-state index is 12.0. The lowest BCUT2D eigenvalue weighted by Gasteiger charge is -2.07. The van der Waals surface area contributed by atoms with Crippen molar-refractivity contribution in [2.24, 2.45) is 0 Å². The van der Waals surface area contributed by atoms with Crippen molar-refractivity contribution < 1.29 is 4.79 Å². The largest absolute Gasteiger partial charge is 0.350 e. The smallest absolute Gasteiger partial charge is 0.240 e. The first-order chi connectivity index (χ1) is 9.74. The first-order valence-corrected chi connectivity index (χ1v) is 7.33. The molecule has 0 aliphatic rings. The second-order valence-corrected chi connectivity index (χ2v) is 5.62. The highest BCUT2D eigenvalue weighted by Crippen LogP contribution is 2.15. The highest BCUT2D eigenvalue weighted by atomic mass is 32.1. The van der Waals surface area contributed by atoms with E-state index in [9.17, 15) is 4.79 Å². The Morgan fingerprint density at radius 2 is 2.15 bits per heavy atom. The quantitative estimate of drug-likeness (QED) is 0.801. The number of nitrogens with one attached hydrogen (secondary N) is 1. The Morgan fingerprint density at radius 3 is 2.95 bits per heavy atom. The molecular formula is C15H15N3OS. The Balaban J connectivity index is 1.72. The summed E-state index contributed by atoms with van der Waals surface area (Å²) in [7, 11) is 0.